The maximum atomic E-state index is 12.8. The van der Waals surface area contributed by atoms with Crippen LogP contribution >= 0.6 is 0 Å². The minimum atomic E-state index is -0.302. The Morgan fingerprint density at radius 2 is 1.66 bits per heavy atom. The summed E-state index contributed by atoms with van der Waals surface area (Å²) in [7, 11) is 3.68. The Labute approximate surface area is 170 Å². The first-order valence-corrected chi connectivity index (χ1v) is 9.68. The van der Waals surface area contributed by atoms with Crippen LogP contribution in [0, 0.1) is 0 Å². The summed E-state index contributed by atoms with van der Waals surface area (Å²) >= 11 is 0. The monoisotopic (exact) mass is 391 g/mol. The molecule has 4 rings (SSSR count). The van der Waals surface area contributed by atoms with Gasteiger partial charge >= 0.3 is 0 Å². The fourth-order valence-electron chi connectivity index (χ4n) is 3.39. The van der Waals surface area contributed by atoms with Crippen molar-refractivity contribution in [2.45, 2.75) is 0 Å². The van der Waals surface area contributed by atoms with Gasteiger partial charge in [0.1, 0.15) is 0 Å². The molecule has 0 aliphatic carbocycles. The zero-order valence-corrected chi connectivity index (χ0v) is 16.7. The van der Waals surface area contributed by atoms with Crippen LogP contribution < -0.4 is 15.0 Å². The van der Waals surface area contributed by atoms with Crippen molar-refractivity contribution in [3.05, 3.63) is 66.5 Å². The van der Waals surface area contributed by atoms with Crippen LogP contribution in [0.4, 0.5) is 11.4 Å². The van der Waals surface area contributed by atoms with Crippen molar-refractivity contribution in [2.24, 2.45) is 0 Å². The van der Waals surface area contributed by atoms with Gasteiger partial charge in [0.05, 0.1) is 19.0 Å². The number of rotatable bonds is 5. The third kappa shape index (κ3) is 4.25. The molecule has 0 saturated carbocycles. The number of benzene rings is 2. The van der Waals surface area contributed by atoms with E-state index in [1.807, 2.05) is 54.6 Å². The Morgan fingerprint density at radius 3 is 2.31 bits per heavy atom. The van der Waals surface area contributed by atoms with Crippen LogP contribution in [0.2, 0.25) is 0 Å². The van der Waals surface area contributed by atoms with Crippen molar-refractivity contribution < 1.29 is 9.53 Å². The van der Waals surface area contributed by atoms with Crippen molar-refractivity contribution in [3.8, 4) is 11.4 Å². The molecule has 150 valence electrons. The van der Waals surface area contributed by atoms with E-state index in [0.717, 1.165) is 37.6 Å². The highest BCUT2D eigenvalue weighted by molar-refractivity contribution is 6.04. The molecule has 2 heterocycles. The summed E-state index contributed by atoms with van der Waals surface area (Å²) in [5, 5.41) is 7.33. The molecule has 1 N–H and O–H groups in total. The highest BCUT2D eigenvalue weighted by Crippen LogP contribution is 2.23. The molecule has 1 aliphatic rings. The van der Waals surface area contributed by atoms with Crippen LogP contribution in [0.15, 0.2) is 60.8 Å². The molecule has 0 spiro atoms. The predicted molar refractivity (Wildman–Crippen MR) is 114 cm³/mol. The maximum Gasteiger partial charge on any atom is 0.280 e. The molecule has 7 heteroatoms. The quantitative estimate of drug-likeness (QED) is 0.725. The predicted octanol–water partition coefficient (Wildman–Crippen LogP) is 2.89. The van der Waals surface area contributed by atoms with Crippen molar-refractivity contribution in [2.75, 3.05) is 50.6 Å². The summed E-state index contributed by atoms with van der Waals surface area (Å²) in [4.78, 5) is 17.5. The number of piperazine rings is 1. The summed E-state index contributed by atoms with van der Waals surface area (Å²) in [5.41, 5.74) is 3.01. The first-order chi connectivity index (χ1) is 14.1. The zero-order chi connectivity index (χ0) is 20.2. The van der Waals surface area contributed by atoms with E-state index in [1.165, 1.54) is 12.8 Å². The lowest BCUT2D eigenvalue weighted by atomic mass is 10.2. The number of hydrogen-bond acceptors (Lipinski definition) is 5. The van der Waals surface area contributed by atoms with Crippen molar-refractivity contribution in [1.82, 2.24) is 14.7 Å². The van der Waals surface area contributed by atoms with E-state index in [2.05, 4.69) is 27.3 Å². The van der Waals surface area contributed by atoms with Gasteiger partial charge in [0, 0.05) is 37.6 Å². The Kier molecular flexibility index (Phi) is 5.48. The van der Waals surface area contributed by atoms with Crippen LogP contribution in [-0.2, 0) is 0 Å². The number of para-hydroxylation sites is 1. The summed E-state index contributed by atoms with van der Waals surface area (Å²) in [6, 6.07) is 17.6. The van der Waals surface area contributed by atoms with Crippen LogP contribution in [-0.4, -0.2) is 60.9 Å². The van der Waals surface area contributed by atoms with Gasteiger partial charge in [0.25, 0.3) is 5.91 Å². The molecule has 2 aromatic carbocycles. The van der Waals surface area contributed by atoms with Crippen molar-refractivity contribution >= 4 is 17.3 Å². The number of carbonyl (C=O) groups is 1. The van der Waals surface area contributed by atoms with E-state index >= 15 is 0 Å². The van der Waals surface area contributed by atoms with Gasteiger partial charge in [-0.1, -0.05) is 18.2 Å². The summed E-state index contributed by atoms with van der Waals surface area (Å²) in [6.07, 6.45) is 1.71. The first-order valence-electron chi connectivity index (χ1n) is 9.68. The fraction of sp³-hybridized carbons (Fsp3) is 0.273. The van der Waals surface area contributed by atoms with Gasteiger partial charge < -0.3 is 19.9 Å². The normalized spacial score (nSPS) is 14.6. The molecule has 0 bridgehead atoms. The van der Waals surface area contributed by atoms with Gasteiger partial charge in [-0.2, -0.15) is 5.10 Å². The lowest BCUT2D eigenvalue weighted by Crippen LogP contribution is -2.44. The SMILES string of the molecule is COc1cn(-c2ccccc2)nc1C(=O)Nc1ccc(N2CCN(C)CC2)cc1. The van der Waals surface area contributed by atoms with E-state index in [-0.39, 0.29) is 11.6 Å². The molecule has 0 unspecified atom stereocenters. The molecule has 7 nitrogen and oxygen atoms in total. The maximum absolute atomic E-state index is 12.8. The molecule has 1 saturated heterocycles. The molecule has 3 aromatic rings. The topological polar surface area (TPSA) is 62.6 Å². The van der Waals surface area contributed by atoms with E-state index in [9.17, 15) is 4.79 Å². The average Bonchev–Trinajstić information content (AvgIpc) is 3.20. The highest BCUT2D eigenvalue weighted by atomic mass is 16.5. The van der Waals surface area contributed by atoms with Gasteiger partial charge in [-0.25, -0.2) is 4.68 Å². The molecule has 0 atom stereocenters. The van der Waals surface area contributed by atoms with E-state index in [4.69, 9.17) is 4.74 Å². The smallest absolute Gasteiger partial charge is 0.280 e. The second-order valence-corrected chi connectivity index (χ2v) is 7.12. The molecular formula is C22H25N5O2. The molecule has 1 fully saturated rings. The number of anilines is 2. The fourth-order valence-corrected chi connectivity index (χ4v) is 3.39. The van der Waals surface area contributed by atoms with Gasteiger partial charge in [-0.3, -0.25) is 4.79 Å². The Balaban J connectivity index is 1.47. The zero-order valence-electron chi connectivity index (χ0n) is 16.7. The molecule has 1 amide bonds. The number of nitrogens with one attached hydrogen (secondary N) is 1. The summed E-state index contributed by atoms with van der Waals surface area (Å²) in [6.45, 7) is 4.14. The van der Waals surface area contributed by atoms with Crippen LogP contribution in [0.3, 0.4) is 0 Å². The third-order valence-corrected chi connectivity index (χ3v) is 5.13. The summed E-state index contributed by atoms with van der Waals surface area (Å²) < 4.78 is 7.00. The lowest BCUT2D eigenvalue weighted by Gasteiger charge is -2.34. The number of ether oxygens (including phenoxy) is 1. The first kappa shape index (κ1) is 19.0. The number of likely N-dealkylation sites (N-methyl/N-ethyl adjacent to an activating group) is 1. The number of carbonyl (C=O) groups excluding carboxylic acids is 1. The van der Waals surface area contributed by atoms with E-state index in [1.54, 1.807) is 10.9 Å². The largest absolute Gasteiger partial charge is 0.493 e. The standard InChI is InChI=1S/C22H25N5O2/c1-25-12-14-26(15-13-25)18-10-8-17(9-11-18)23-22(28)21-20(29-2)16-27(24-21)19-6-4-3-5-7-19/h3-11,16H,12-15H2,1-2H3,(H,23,28). The van der Waals surface area contributed by atoms with Crippen LogP contribution in [0.1, 0.15) is 10.5 Å². The average molecular weight is 391 g/mol. The van der Waals surface area contributed by atoms with E-state index < -0.39 is 0 Å². The highest BCUT2D eigenvalue weighted by Gasteiger charge is 2.19. The molecular weight excluding hydrogens is 366 g/mol. The molecule has 29 heavy (non-hydrogen) atoms. The minimum Gasteiger partial charge on any atom is -0.493 e. The van der Waals surface area contributed by atoms with Gasteiger partial charge in [-0.15, -0.1) is 0 Å². The molecule has 1 aromatic heterocycles. The number of hydrogen-bond donors (Lipinski definition) is 1. The number of aromatic nitrogens is 2. The van der Waals surface area contributed by atoms with Gasteiger partial charge in [0.15, 0.2) is 11.4 Å². The van der Waals surface area contributed by atoms with Gasteiger partial charge in [0.2, 0.25) is 0 Å². The number of amides is 1. The van der Waals surface area contributed by atoms with E-state index in [0.29, 0.717) is 5.75 Å². The third-order valence-electron chi connectivity index (χ3n) is 5.13. The molecule has 0 radical (unpaired) electrons. The van der Waals surface area contributed by atoms with Crippen LogP contribution in [0.5, 0.6) is 5.75 Å². The van der Waals surface area contributed by atoms with Crippen molar-refractivity contribution in [3.63, 3.8) is 0 Å². The van der Waals surface area contributed by atoms with Crippen molar-refractivity contribution in [1.29, 1.82) is 0 Å². The Hall–Kier alpha value is -3.32. The number of nitrogens with zero attached hydrogens (tertiary/aromatic N) is 4. The second kappa shape index (κ2) is 8.36. The lowest BCUT2D eigenvalue weighted by molar-refractivity contribution is 0.101. The molecule has 1 aliphatic heterocycles. The Morgan fingerprint density at radius 1 is 0.966 bits per heavy atom. The second-order valence-electron chi connectivity index (χ2n) is 7.12. The summed E-state index contributed by atoms with van der Waals surface area (Å²) in [5.74, 6) is 0.129. The Bertz CT molecular complexity index is 961. The van der Waals surface area contributed by atoms with Crippen LogP contribution in [0.25, 0.3) is 5.69 Å². The number of methoxy groups -OCH3 is 1. The van der Waals surface area contributed by atoms with Gasteiger partial charge in [-0.05, 0) is 43.4 Å². The minimum absolute atomic E-state index is 0.250.